The van der Waals surface area contributed by atoms with Crippen LogP contribution in [0.2, 0.25) is 0 Å². The molecule has 0 saturated heterocycles. The average Bonchev–Trinajstić information content (AvgIpc) is 3.04. The van der Waals surface area contributed by atoms with Crippen LogP contribution < -0.4 is 5.73 Å². The van der Waals surface area contributed by atoms with E-state index in [-0.39, 0.29) is 11.8 Å². The molecule has 0 aliphatic heterocycles. The maximum Gasteiger partial charge on any atom is 0.140 e. The van der Waals surface area contributed by atoms with E-state index in [1.54, 1.807) is 6.20 Å². The first-order chi connectivity index (χ1) is 7.65. The predicted octanol–water partition coefficient (Wildman–Crippen LogP) is 2.08. The summed E-state index contributed by atoms with van der Waals surface area (Å²) >= 11 is 3.31. The fourth-order valence-corrected chi connectivity index (χ4v) is 1.97. The van der Waals surface area contributed by atoms with Crippen molar-refractivity contribution in [3.63, 3.8) is 0 Å². The second kappa shape index (κ2) is 5.06. The van der Waals surface area contributed by atoms with Crippen molar-refractivity contribution in [3.8, 4) is 0 Å². The van der Waals surface area contributed by atoms with E-state index in [1.165, 1.54) is 12.8 Å². The number of aromatic nitrogens is 1. The fourth-order valence-electron chi connectivity index (χ4n) is 1.74. The second-order valence-electron chi connectivity index (χ2n) is 4.39. The molecule has 1 aromatic rings. The zero-order valence-electron chi connectivity index (χ0n) is 9.03. The van der Waals surface area contributed by atoms with E-state index in [0.717, 1.165) is 10.2 Å². The lowest BCUT2D eigenvalue weighted by molar-refractivity contribution is -0.118. The molecule has 0 radical (unpaired) electrons. The Morgan fingerprint density at radius 3 is 2.88 bits per heavy atom. The van der Waals surface area contributed by atoms with Gasteiger partial charge in [0.25, 0.3) is 0 Å². The van der Waals surface area contributed by atoms with Crippen LogP contribution in [0.15, 0.2) is 22.8 Å². The minimum Gasteiger partial charge on any atom is -0.327 e. The van der Waals surface area contributed by atoms with Gasteiger partial charge in [0.15, 0.2) is 0 Å². The van der Waals surface area contributed by atoms with Gasteiger partial charge in [0.05, 0.1) is 0 Å². The van der Waals surface area contributed by atoms with Gasteiger partial charge in [-0.3, -0.25) is 9.78 Å². The molecule has 0 bridgehead atoms. The SMILES string of the molecule is NC(CC(=O)Cc1ccc(Br)cn1)C1CC1. The molecule has 1 aliphatic carbocycles. The number of rotatable bonds is 5. The maximum atomic E-state index is 11.7. The van der Waals surface area contributed by atoms with E-state index < -0.39 is 0 Å². The Morgan fingerprint density at radius 2 is 2.31 bits per heavy atom. The lowest BCUT2D eigenvalue weighted by Crippen LogP contribution is -2.26. The summed E-state index contributed by atoms with van der Waals surface area (Å²) in [5.41, 5.74) is 6.72. The van der Waals surface area contributed by atoms with E-state index in [1.807, 2.05) is 12.1 Å². The van der Waals surface area contributed by atoms with Crippen LogP contribution in [-0.2, 0) is 11.2 Å². The summed E-state index contributed by atoms with van der Waals surface area (Å²) in [5, 5.41) is 0. The summed E-state index contributed by atoms with van der Waals surface area (Å²) < 4.78 is 0.929. The molecule has 2 rings (SSSR count). The maximum absolute atomic E-state index is 11.7. The molecule has 86 valence electrons. The first kappa shape index (κ1) is 11.7. The van der Waals surface area contributed by atoms with Crippen molar-refractivity contribution in [2.24, 2.45) is 11.7 Å². The van der Waals surface area contributed by atoms with E-state index in [0.29, 0.717) is 18.8 Å². The first-order valence-electron chi connectivity index (χ1n) is 5.53. The van der Waals surface area contributed by atoms with Crippen LogP contribution >= 0.6 is 15.9 Å². The summed E-state index contributed by atoms with van der Waals surface area (Å²) in [4.78, 5) is 15.9. The molecule has 1 unspecified atom stereocenters. The van der Waals surface area contributed by atoms with E-state index >= 15 is 0 Å². The molecule has 1 atom stereocenters. The smallest absolute Gasteiger partial charge is 0.140 e. The van der Waals surface area contributed by atoms with Crippen LogP contribution in [-0.4, -0.2) is 16.8 Å². The average molecular weight is 283 g/mol. The zero-order valence-corrected chi connectivity index (χ0v) is 10.6. The number of hydrogen-bond donors (Lipinski definition) is 1. The quantitative estimate of drug-likeness (QED) is 0.900. The molecule has 0 spiro atoms. The number of ketones is 1. The van der Waals surface area contributed by atoms with E-state index in [4.69, 9.17) is 5.73 Å². The lowest BCUT2D eigenvalue weighted by Gasteiger charge is -2.08. The number of Topliss-reactive ketones (excluding diaryl/α,β-unsaturated/α-hetero) is 1. The van der Waals surface area contributed by atoms with Crippen molar-refractivity contribution in [3.05, 3.63) is 28.5 Å². The fraction of sp³-hybridized carbons (Fsp3) is 0.500. The second-order valence-corrected chi connectivity index (χ2v) is 5.30. The minimum absolute atomic E-state index is 0.0583. The largest absolute Gasteiger partial charge is 0.327 e. The molecule has 3 nitrogen and oxygen atoms in total. The topological polar surface area (TPSA) is 56.0 Å². The number of hydrogen-bond acceptors (Lipinski definition) is 3. The molecule has 1 saturated carbocycles. The third-order valence-corrected chi connectivity index (χ3v) is 3.33. The van der Waals surface area contributed by atoms with Crippen LogP contribution in [0.3, 0.4) is 0 Å². The Hall–Kier alpha value is -0.740. The molecular formula is C12H15BrN2O. The van der Waals surface area contributed by atoms with E-state index in [2.05, 4.69) is 20.9 Å². The van der Waals surface area contributed by atoms with Crippen molar-refractivity contribution in [1.82, 2.24) is 4.98 Å². The van der Waals surface area contributed by atoms with Gasteiger partial charge >= 0.3 is 0 Å². The third-order valence-electron chi connectivity index (χ3n) is 2.86. The molecule has 4 heteroatoms. The molecule has 16 heavy (non-hydrogen) atoms. The van der Waals surface area contributed by atoms with Crippen molar-refractivity contribution < 1.29 is 4.79 Å². The van der Waals surface area contributed by atoms with Crippen molar-refractivity contribution >= 4 is 21.7 Å². The Bertz CT molecular complexity index is 373. The molecule has 2 N–H and O–H groups in total. The first-order valence-corrected chi connectivity index (χ1v) is 6.32. The van der Waals surface area contributed by atoms with Crippen molar-refractivity contribution in [2.45, 2.75) is 31.7 Å². The molecule has 0 amide bonds. The van der Waals surface area contributed by atoms with Gasteiger partial charge in [-0.25, -0.2) is 0 Å². The van der Waals surface area contributed by atoms with Crippen molar-refractivity contribution in [2.75, 3.05) is 0 Å². The third kappa shape index (κ3) is 3.39. The summed E-state index contributed by atoms with van der Waals surface area (Å²) in [7, 11) is 0. The van der Waals surface area contributed by atoms with Gasteiger partial charge in [-0.05, 0) is 46.8 Å². The Kier molecular flexibility index (Phi) is 3.71. The minimum atomic E-state index is 0.0583. The van der Waals surface area contributed by atoms with Gasteiger partial charge in [0.1, 0.15) is 5.78 Å². The van der Waals surface area contributed by atoms with Crippen LogP contribution in [0.5, 0.6) is 0 Å². The normalized spacial score (nSPS) is 17.1. The number of nitrogens with zero attached hydrogens (tertiary/aromatic N) is 1. The van der Waals surface area contributed by atoms with Gasteiger partial charge < -0.3 is 5.73 Å². The number of nitrogens with two attached hydrogens (primary N) is 1. The van der Waals surface area contributed by atoms with Gasteiger partial charge in [-0.15, -0.1) is 0 Å². The molecule has 1 heterocycles. The molecule has 1 aliphatic rings. The molecule has 1 aromatic heterocycles. The summed E-state index contributed by atoms with van der Waals surface area (Å²) in [6.45, 7) is 0. The van der Waals surface area contributed by atoms with Crippen LogP contribution in [0.25, 0.3) is 0 Å². The van der Waals surface area contributed by atoms with Crippen LogP contribution in [0.1, 0.15) is 25.0 Å². The number of halogens is 1. The number of carbonyl (C=O) groups is 1. The van der Waals surface area contributed by atoms with E-state index in [9.17, 15) is 4.79 Å². The zero-order chi connectivity index (χ0) is 11.5. The highest BCUT2D eigenvalue weighted by Crippen LogP contribution is 2.32. The Morgan fingerprint density at radius 1 is 1.56 bits per heavy atom. The molecule has 0 aromatic carbocycles. The monoisotopic (exact) mass is 282 g/mol. The number of carbonyl (C=O) groups excluding carboxylic acids is 1. The Labute approximate surface area is 104 Å². The highest BCUT2D eigenvalue weighted by Gasteiger charge is 2.29. The number of pyridine rings is 1. The molecular weight excluding hydrogens is 268 g/mol. The van der Waals surface area contributed by atoms with Gasteiger partial charge in [0, 0.05) is 35.2 Å². The van der Waals surface area contributed by atoms with Crippen LogP contribution in [0.4, 0.5) is 0 Å². The van der Waals surface area contributed by atoms with Crippen LogP contribution in [0, 0.1) is 5.92 Å². The summed E-state index contributed by atoms with van der Waals surface area (Å²) in [6, 6.07) is 3.82. The van der Waals surface area contributed by atoms with Gasteiger partial charge in [-0.2, -0.15) is 0 Å². The Balaban J connectivity index is 1.84. The highest BCUT2D eigenvalue weighted by molar-refractivity contribution is 9.10. The van der Waals surface area contributed by atoms with Gasteiger partial charge in [0.2, 0.25) is 0 Å². The summed E-state index contributed by atoms with van der Waals surface area (Å²) in [5.74, 6) is 0.774. The van der Waals surface area contributed by atoms with Crippen molar-refractivity contribution in [1.29, 1.82) is 0 Å². The standard InChI is InChI=1S/C12H15BrN2O/c13-9-3-4-10(15-7-9)5-11(16)6-12(14)8-1-2-8/h3-4,7-8,12H,1-2,5-6,14H2. The van der Waals surface area contributed by atoms with Gasteiger partial charge in [-0.1, -0.05) is 0 Å². The highest BCUT2D eigenvalue weighted by atomic mass is 79.9. The predicted molar refractivity (Wildman–Crippen MR) is 66.0 cm³/mol. The lowest BCUT2D eigenvalue weighted by atomic mass is 10.0. The molecule has 1 fully saturated rings. The summed E-state index contributed by atoms with van der Waals surface area (Å²) in [6.07, 6.45) is 4.97.